The zero-order valence-electron chi connectivity index (χ0n) is 21.1. The summed E-state index contributed by atoms with van der Waals surface area (Å²) in [5, 5.41) is 24.4. The molecule has 0 saturated carbocycles. The summed E-state index contributed by atoms with van der Waals surface area (Å²) in [6.45, 7) is 0.924. The standard InChI is InChI=1S/C26H26F4N6O3/c1-26(2,38)23(37)19-10-18-20(12-31-19)33-22(14-11-32-36(13-14)25(29)30)24(34-18)35-7-5-16(6-8-35)39-21-4-3-15(27)9-17(21)28/h3-4,9-13,16,23,25,37-38H,5-8H2,1-2H3/t23-/m0/s1. The number of piperidine rings is 1. The summed E-state index contributed by atoms with van der Waals surface area (Å²) in [6, 6.07) is 4.66. The van der Waals surface area contributed by atoms with E-state index in [2.05, 4.69) is 15.1 Å². The zero-order chi connectivity index (χ0) is 27.9. The molecule has 1 aliphatic rings. The summed E-state index contributed by atoms with van der Waals surface area (Å²) in [5.74, 6) is -1.11. The molecule has 4 heterocycles. The van der Waals surface area contributed by atoms with Crippen LogP contribution in [0.1, 0.15) is 45.0 Å². The van der Waals surface area contributed by atoms with Crippen molar-refractivity contribution < 1.29 is 32.5 Å². The molecule has 1 atom stereocenters. The Kier molecular flexibility index (Phi) is 7.12. The third-order valence-corrected chi connectivity index (χ3v) is 6.51. The highest BCUT2D eigenvalue weighted by Crippen LogP contribution is 2.34. The molecule has 13 heteroatoms. The fourth-order valence-electron chi connectivity index (χ4n) is 4.39. The average Bonchev–Trinajstić information content (AvgIpc) is 3.39. The van der Waals surface area contributed by atoms with Gasteiger partial charge in [0.05, 0.1) is 29.2 Å². The van der Waals surface area contributed by atoms with E-state index in [1.807, 2.05) is 4.90 Å². The Morgan fingerprint density at radius 1 is 1.05 bits per heavy atom. The molecule has 0 aliphatic carbocycles. The lowest BCUT2D eigenvalue weighted by Gasteiger charge is -2.33. The molecule has 0 spiro atoms. The number of benzene rings is 1. The van der Waals surface area contributed by atoms with Crippen LogP contribution in [0, 0.1) is 11.6 Å². The van der Waals surface area contributed by atoms with Crippen LogP contribution in [0.3, 0.4) is 0 Å². The van der Waals surface area contributed by atoms with Crippen LogP contribution in [0.4, 0.5) is 23.4 Å². The van der Waals surface area contributed by atoms with E-state index in [-0.39, 0.29) is 17.5 Å². The number of hydrogen-bond donors (Lipinski definition) is 2. The fraction of sp³-hybridized carbons (Fsp3) is 0.385. The summed E-state index contributed by atoms with van der Waals surface area (Å²) in [6.07, 6.45) is 3.19. The van der Waals surface area contributed by atoms with Gasteiger partial charge in [0.1, 0.15) is 29.2 Å². The van der Waals surface area contributed by atoms with Gasteiger partial charge in [-0.2, -0.15) is 13.9 Å². The second kappa shape index (κ2) is 10.4. The molecule has 3 aromatic heterocycles. The quantitative estimate of drug-likeness (QED) is 0.328. The molecular weight excluding hydrogens is 520 g/mol. The number of pyridine rings is 1. The molecule has 0 amide bonds. The fourth-order valence-corrected chi connectivity index (χ4v) is 4.39. The van der Waals surface area contributed by atoms with E-state index in [0.717, 1.165) is 12.1 Å². The van der Waals surface area contributed by atoms with Gasteiger partial charge in [0, 0.05) is 43.8 Å². The van der Waals surface area contributed by atoms with Crippen molar-refractivity contribution in [1.82, 2.24) is 24.7 Å². The normalized spacial score (nSPS) is 15.8. The van der Waals surface area contributed by atoms with Gasteiger partial charge in [-0.25, -0.2) is 23.4 Å². The Balaban J connectivity index is 1.47. The Labute approximate surface area is 220 Å². The summed E-state index contributed by atoms with van der Waals surface area (Å²) in [7, 11) is 0. The van der Waals surface area contributed by atoms with Crippen LogP contribution in [-0.2, 0) is 0 Å². The second-order valence-electron chi connectivity index (χ2n) is 9.92. The maximum atomic E-state index is 14.1. The van der Waals surface area contributed by atoms with Gasteiger partial charge in [0.15, 0.2) is 17.4 Å². The maximum absolute atomic E-state index is 14.1. The number of fused-ring (bicyclic) bond motifs is 1. The molecule has 2 N–H and O–H groups in total. The largest absolute Gasteiger partial charge is 0.487 e. The van der Waals surface area contributed by atoms with Crippen molar-refractivity contribution in [3.05, 3.63) is 60.2 Å². The summed E-state index contributed by atoms with van der Waals surface area (Å²) < 4.78 is 60.0. The molecular formula is C26H26F4N6O3. The smallest absolute Gasteiger partial charge is 0.333 e. The Hall–Kier alpha value is -3.84. The Bertz CT molecular complexity index is 1480. The first kappa shape index (κ1) is 26.8. The lowest BCUT2D eigenvalue weighted by molar-refractivity contribution is -0.0516. The predicted molar refractivity (Wildman–Crippen MR) is 133 cm³/mol. The average molecular weight is 547 g/mol. The molecule has 0 bridgehead atoms. The molecule has 1 fully saturated rings. The summed E-state index contributed by atoms with van der Waals surface area (Å²) >= 11 is 0. The molecule has 5 rings (SSSR count). The molecule has 1 saturated heterocycles. The minimum Gasteiger partial charge on any atom is -0.487 e. The van der Waals surface area contributed by atoms with Crippen LogP contribution >= 0.6 is 0 Å². The number of aromatic nitrogens is 5. The molecule has 9 nitrogen and oxygen atoms in total. The first-order valence-electron chi connectivity index (χ1n) is 12.3. The minimum atomic E-state index is -2.83. The highest BCUT2D eigenvalue weighted by Gasteiger charge is 2.29. The number of aliphatic hydroxyl groups excluding tert-OH is 1. The van der Waals surface area contributed by atoms with Gasteiger partial charge in [0.25, 0.3) is 0 Å². The van der Waals surface area contributed by atoms with Crippen LogP contribution in [0.2, 0.25) is 0 Å². The third kappa shape index (κ3) is 5.64. The van der Waals surface area contributed by atoms with Crippen molar-refractivity contribution in [3.8, 4) is 17.0 Å². The topological polar surface area (TPSA) is 109 Å². The van der Waals surface area contributed by atoms with Crippen LogP contribution < -0.4 is 9.64 Å². The number of hydrogen-bond acceptors (Lipinski definition) is 8. The second-order valence-corrected chi connectivity index (χ2v) is 9.92. The minimum absolute atomic E-state index is 0.0363. The Morgan fingerprint density at radius 2 is 1.79 bits per heavy atom. The number of rotatable bonds is 7. The Morgan fingerprint density at radius 3 is 2.44 bits per heavy atom. The van der Waals surface area contributed by atoms with Gasteiger partial charge in [-0.3, -0.25) is 4.98 Å². The molecule has 206 valence electrons. The van der Waals surface area contributed by atoms with Crippen LogP contribution in [0.15, 0.2) is 42.9 Å². The van der Waals surface area contributed by atoms with Gasteiger partial charge in [-0.1, -0.05) is 0 Å². The van der Waals surface area contributed by atoms with Crippen molar-refractivity contribution in [1.29, 1.82) is 0 Å². The predicted octanol–water partition coefficient (Wildman–Crippen LogP) is 4.41. The van der Waals surface area contributed by atoms with E-state index in [1.165, 1.54) is 44.6 Å². The number of nitrogens with zero attached hydrogens (tertiary/aromatic N) is 6. The SMILES string of the molecule is CC(C)(O)[C@@H](O)c1cc2nc(N3CCC(Oc4ccc(F)cc4F)CC3)c(-c3cnn(C(F)F)c3)nc2cn1. The van der Waals surface area contributed by atoms with Crippen molar-refractivity contribution in [2.45, 2.75) is 51.0 Å². The molecule has 39 heavy (non-hydrogen) atoms. The van der Waals surface area contributed by atoms with Gasteiger partial charge < -0.3 is 19.8 Å². The maximum Gasteiger partial charge on any atom is 0.333 e. The summed E-state index contributed by atoms with van der Waals surface area (Å²) in [5.41, 5.74) is 0.127. The highest BCUT2D eigenvalue weighted by atomic mass is 19.3. The van der Waals surface area contributed by atoms with Crippen molar-refractivity contribution in [2.24, 2.45) is 0 Å². The van der Waals surface area contributed by atoms with E-state index in [4.69, 9.17) is 9.72 Å². The van der Waals surface area contributed by atoms with E-state index in [0.29, 0.717) is 58.7 Å². The molecule has 0 radical (unpaired) electrons. The monoisotopic (exact) mass is 546 g/mol. The summed E-state index contributed by atoms with van der Waals surface area (Å²) in [4.78, 5) is 15.5. The van der Waals surface area contributed by atoms with Crippen LogP contribution in [0.25, 0.3) is 22.3 Å². The molecule has 0 unspecified atom stereocenters. The molecule has 4 aromatic rings. The first-order chi connectivity index (χ1) is 18.5. The van der Waals surface area contributed by atoms with E-state index < -0.39 is 29.9 Å². The van der Waals surface area contributed by atoms with Gasteiger partial charge in [0.2, 0.25) is 0 Å². The van der Waals surface area contributed by atoms with Gasteiger partial charge >= 0.3 is 6.55 Å². The van der Waals surface area contributed by atoms with Crippen LogP contribution in [-0.4, -0.2) is 59.7 Å². The lowest BCUT2D eigenvalue weighted by atomic mass is 9.98. The molecule has 1 aliphatic heterocycles. The van der Waals surface area contributed by atoms with Crippen LogP contribution in [0.5, 0.6) is 5.75 Å². The van der Waals surface area contributed by atoms with Crippen molar-refractivity contribution >= 4 is 16.9 Å². The number of alkyl halides is 2. The highest BCUT2D eigenvalue weighted by molar-refractivity contribution is 5.83. The third-order valence-electron chi connectivity index (χ3n) is 6.51. The van der Waals surface area contributed by atoms with Crippen molar-refractivity contribution in [2.75, 3.05) is 18.0 Å². The van der Waals surface area contributed by atoms with E-state index in [9.17, 15) is 27.8 Å². The van der Waals surface area contributed by atoms with E-state index >= 15 is 0 Å². The number of anilines is 1. The van der Waals surface area contributed by atoms with Gasteiger partial charge in [-0.05, 0) is 32.0 Å². The number of aliphatic hydroxyl groups is 2. The van der Waals surface area contributed by atoms with E-state index in [1.54, 1.807) is 0 Å². The zero-order valence-corrected chi connectivity index (χ0v) is 21.1. The van der Waals surface area contributed by atoms with Crippen molar-refractivity contribution in [3.63, 3.8) is 0 Å². The lowest BCUT2D eigenvalue weighted by Crippen LogP contribution is -2.39. The first-order valence-corrected chi connectivity index (χ1v) is 12.3. The number of ether oxygens (including phenoxy) is 1. The number of halogens is 4. The van der Waals surface area contributed by atoms with Gasteiger partial charge in [-0.15, -0.1) is 0 Å². The molecule has 1 aromatic carbocycles.